The largest absolute Gasteiger partial charge is 0.389 e. The van der Waals surface area contributed by atoms with Crippen molar-refractivity contribution >= 4 is 5.69 Å². The summed E-state index contributed by atoms with van der Waals surface area (Å²) < 4.78 is 0. The molecule has 0 saturated carbocycles. The highest BCUT2D eigenvalue weighted by molar-refractivity contribution is 5.54. The molecule has 1 saturated heterocycles. The molecular weight excluding hydrogens is 198 g/mol. The smallest absolute Gasteiger partial charge is 0.0781 e. The molecule has 0 aliphatic carbocycles. The van der Waals surface area contributed by atoms with Gasteiger partial charge in [-0.2, -0.15) is 0 Å². The van der Waals surface area contributed by atoms with Gasteiger partial charge in [-0.05, 0) is 25.8 Å². The first-order valence-electron chi connectivity index (χ1n) is 6.31. The predicted octanol–water partition coefficient (Wildman–Crippen LogP) is 3.12. The van der Waals surface area contributed by atoms with E-state index in [0.29, 0.717) is 0 Å². The van der Waals surface area contributed by atoms with Gasteiger partial charge in [0.05, 0.1) is 6.10 Å². The first kappa shape index (κ1) is 11.5. The van der Waals surface area contributed by atoms with Crippen molar-refractivity contribution in [3.63, 3.8) is 0 Å². The first-order chi connectivity index (χ1) is 7.79. The standard InChI is InChI=1S/C14H21NO/c1-12(16)13-8-4-5-9-14(13)15-10-6-2-3-7-11-15/h4-5,8-9,12,16H,2-3,6-7,10-11H2,1H3. The van der Waals surface area contributed by atoms with Crippen LogP contribution >= 0.6 is 0 Å². The minimum atomic E-state index is -0.376. The van der Waals surface area contributed by atoms with Crippen LogP contribution in [0.4, 0.5) is 5.69 Å². The second-order valence-corrected chi connectivity index (χ2v) is 4.64. The molecule has 1 fully saturated rings. The molecule has 0 amide bonds. The van der Waals surface area contributed by atoms with Crippen LogP contribution in [0, 0.1) is 0 Å². The molecule has 0 bridgehead atoms. The zero-order valence-corrected chi connectivity index (χ0v) is 10.0. The Balaban J connectivity index is 2.23. The van der Waals surface area contributed by atoms with Crippen molar-refractivity contribution in [2.45, 2.75) is 38.7 Å². The summed E-state index contributed by atoms with van der Waals surface area (Å²) in [5.41, 5.74) is 2.28. The van der Waals surface area contributed by atoms with E-state index in [2.05, 4.69) is 17.0 Å². The fourth-order valence-electron chi connectivity index (χ4n) is 2.44. The van der Waals surface area contributed by atoms with Crippen molar-refractivity contribution in [2.75, 3.05) is 18.0 Å². The molecule has 1 aromatic carbocycles. The highest BCUT2D eigenvalue weighted by Crippen LogP contribution is 2.27. The topological polar surface area (TPSA) is 23.5 Å². The molecule has 0 aromatic heterocycles. The summed E-state index contributed by atoms with van der Waals surface area (Å²) in [4.78, 5) is 2.43. The maximum absolute atomic E-state index is 9.78. The van der Waals surface area contributed by atoms with Crippen molar-refractivity contribution in [1.29, 1.82) is 0 Å². The van der Waals surface area contributed by atoms with Crippen LogP contribution in [0.15, 0.2) is 24.3 Å². The van der Waals surface area contributed by atoms with Crippen molar-refractivity contribution in [2.24, 2.45) is 0 Å². The Morgan fingerprint density at radius 3 is 2.31 bits per heavy atom. The third kappa shape index (κ3) is 2.56. The Bertz CT molecular complexity index is 327. The Labute approximate surface area is 97.9 Å². The Kier molecular flexibility index (Phi) is 3.83. The summed E-state index contributed by atoms with van der Waals surface area (Å²) >= 11 is 0. The Hall–Kier alpha value is -1.02. The van der Waals surface area contributed by atoms with Gasteiger partial charge in [-0.25, -0.2) is 0 Å². The van der Waals surface area contributed by atoms with E-state index < -0.39 is 0 Å². The number of benzene rings is 1. The van der Waals surface area contributed by atoms with E-state index in [1.165, 1.54) is 31.4 Å². The number of aliphatic hydroxyl groups excluding tert-OH is 1. The lowest BCUT2D eigenvalue weighted by molar-refractivity contribution is 0.199. The average molecular weight is 219 g/mol. The number of rotatable bonds is 2. The highest BCUT2D eigenvalue weighted by atomic mass is 16.3. The van der Waals surface area contributed by atoms with E-state index in [4.69, 9.17) is 0 Å². The number of hydrogen-bond donors (Lipinski definition) is 1. The molecule has 0 spiro atoms. The minimum absolute atomic E-state index is 0.376. The molecule has 1 N–H and O–H groups in total. The maximum atomic E-state index is 9.78. The molecule has 1 aliphatic rings. The summed E-state index contributed by atoms with van der Waals surface area (Å²) in [5, 5.41) is 9.78. The van der Waals surface area contributed by atoms with Gasteiger partial charge in [-0.15, -0.1) is 0 Å². The SMILES string of the molecule is CC(O)c1ccccc1N1CCCCCC1. The van der Waals surface area contributed by atoms with Crippen LogP contribution in [-0.4, -0.2) is 18.2 Å². The molecule has 2 nitrogen and oxygen atoms in total. The molecule has 1 unspecified atom stereocenters. The van der Waals surface area contributed by atoms with Crippen molar-refractivity contribution < 1.29 is 5.11 Å². The van der Waals surface area contributed by atoms with Gasteiger partial charge in [-0.3, -0.25) is 0 Å². The molecule has 1 aromatic rings. The number of aliphatic hydroxyl groups is 1. The van der Waals surface area contributed by atoms with Gasteiger partial charge in [0.25, 0.3) is 0 Å². The summed E-state index contributed by atoms with van der Waals surface area (Å²) in [7, 11) is 0. The van der Waals surface area contributed by atoms with E-state index in [-0.39, 0.29) is 6.10 Å². The van der Waals surface area contributed by atoms with Crippen LogP contribution in [0.1, 0.15) is 44.3 Å². The number of anilines is 1. The molecule has 88 valence electrons. The number of hydrogen-bond acceptors (Lipinski definition) is 2. The summed E-state index contributed by atoms with van der Waals surface area (Å²) in [6, 6.07) is 8.23. The Morgan fingerprint density at radius 2 is 1.69 bits per heavy atom. The second kappa shape index (κ2) is 5.35. The first-order valence-corrected chi connectivity index (χ1v) is 6.31. The predicted molar refractivity (Wildman–Crippen MR) is 67.8 cm³/mol. The van der Waals surface area contributed by atoms with Crippen LogP contribution in [0.25, 0.3) is 0 Å². The van der Waals surface area contributed by atoms with Gasteiger partial charge < -0.3 is 10.0 Å². The van der Waals surface area contributed by atoms with Crippen LogP contribution in [0.5, 0.6) is 0 Å². The fraction of sp³-hybridized carbons (Fsp3) is 0.571. The van der Waals surface area contributed by atoms with Gasteiger partial charge >= 0.3 is 0 Å². The summed E-state index contributed by atoms with van der Waals surface area (Å²) in [6.07, 6.45) is 4.85. The van der Waals surface area contributed by atoms with Gasteiger partial charge in [-0.1, -0.05) is 31.0 Å². The molecule has 1 aliphatic heterocycles. The molecule has 1 atom stereocenters. The highest BCUT2D eigenvalue weighted by Gasteiger charge is 2.15. The van der Waals surface area contributed by atoms with E-state index in [9.17, 15) is 5.11 Å². The van der Waals surface area contributed by atoms with Crippen LogP contribution in [0.3, 0.4) is 0 Å². The average Bonchev–Trinajstić information content (AvgIpc) is 2.57. The van der Waals surface area contributed by atoms with Crippen molar-refractivity contribution in [3.8, 4) is 0 Å². The molecular formula is C14H21NO. The summed E-state index contributed by atoms with van der Waals surface area (Å²) in [6.45, 7) is 4.10. The molecule has 0 radical (unpaired) electrons. The van der Waals surface area contributed by atoms with Crippen molar-refractivity contribution in [1.82, 2.24) is 0 Å². The van der Waals surface area contributed by atoms with E-state index >= 15 is 0 Å². The summed E-state index contributed by atoms with van der Waals surface area (Å²) in [5.74, 6) is 0. The van der Waals surface area contributed by atoms with Crippen LogP contribution in [-0.2, 0) is 0 Å². The van der Waals surface area contributed by atoms with Crippen LogP contribution < -0.4 is 4.90 Å². The number of nitrogens with zero attached hydrogens (tertiary/aromatic N) is 1. The zero-order chi connectivity index (χ0) is 11.4. The lowest BCUT2D eigenvalue weighted by Crippen LogP contribution is -2.25. The normalized spacial score (nSPS) is 19.2. The molecule has 16 heavy (non-hydrogen) atoms. The van der Waals surface area contributed by atoms with Crippen molar-refractivity contribution in [3.05, 3.63) is 29.8 Å². The second-order valence-electron chi connectivity index (χ2n) is 4.64. The third-order valence-corrected chi connectivity index (χ3v) is 3.33. The Morgan fingerprint density at radius 1 is 1.06 bits per heavy atom. The number of para-hydroxylation sites is 1. The maximum Gasteiger partial charge on any atom is 0.0781 e. The monoisotopic (exact) mass is 219 g/mol. The lowest BCUT2D eigenvalue weighted by atomic mass is 10.1. The minimum Gasteiger partial charge on any atom is -0.389 e. The molecule has 2 heteroatoms. The van der Waals surface area contributed by atoms with E-state index in [0.717, 1.165) is 18.7 Å². The van der Waals surface area contributed by atoms with E-state index in [1.807, 2.05) is 19.1 Å². The quantitative estimate of drug-likeness (QED) is 0.826. The molecule has 1 heterocycles. The lowest BCUT2D eigenvalue weighted by Gasteiger charge is -2.26. The van der Waals surface area contributed by atoms with Gasteiger partial charge in [0.1, 0.15) is 0 Å². The van der Waals surface area contributed by atoms with Gasteiger partial charge in [0.15, 0.2) is 0 Å². The van der Waals surface area contributed by atoms with Gasteiger partial charge in [0.2, 0.25) is 0 Å². The molecule has 2 rings (SSSR count). The van der Waals surface area contributed by atoms with Crippen LogP contribution in [0.2, 0.25) is 0 Å². The zero-order valence-electron chi connectivity index (χ0n) is 10.0. The third-order valence-electron chi connectivity index (χ3n) is 3.33. The van der Waals surface area contributed by atoms with E-state index in [1.54, 1.807) is 0 Å². The van der Waals surface area contributed by atoms with Gasteiger partial charge in [0, 0.05) is 24.3 Å². The fourth-order valence-corrected chi connectivity index (χ4v) is 2.44.